The molecule has 4 heteroatoms. The Morgan fingerprint density at radius 2 is 1.90 bits per heavy atom. The molecule has 102 valence electrons. The number of nitrogens with zero attached hydrogens (tertiary/aromatic N) is 1. The van der Waals surface area contributed by atoms with E-state index >= 15 is 0 Å². The highest BCUT2D eigenvalue weighted by molar-refractivity contribution is 5.80. The van der Waals surface area contributed by atoms with Crippen molar-refractivity contribution in [1.29, 1.82) is 0 Å². The molecule has 0 amide bonds. The van der Waals surface area contributed by atoms with Gasteiger partial charge < -0.3 is 9.30 Å². The van der Waals surface area contributed by atoms with Crippen LogP contribution in [0.15, 0.2) is 48.7 Å². The van der Waals surface area contributed by atoms with Gasteiger partial charge in [0, 0.05) is 17.8 Å². The summed E-state index contributed by atoms with van der Waals surface area (Å²) in [4.78, 5) is 0. The van der Waals surface area contributed by atoms with Crippen molar-refractivity contribution in [3.05, 3.63) is 65.9 Å². The van der Waals surface area contributed by atoms with Crippen molar-refractivity contribution in [2.24, 2.45) is 0 Å². The summed E-state index contributed by atoms with van der Waals surface area (Å²) < 4.78 is 34.0. The lowest BCUT2D eigenvalue weighted by Gasteiger charge is -2.08. The predicted octanol–water partition coefficient (Wildman–Crippen LogP) is 3.98. The molecule has 3 rings (SSSR count). The Labute approximate surface area is 115 Å². The van der Waals surface area contributed by atoms with Crippen LogP contribution in [0, 0.1) is 11.6 Å². The van der Waals surface area contributed by atoms with E-state index in [2.05, 4.69) is 0 Å². The standard InChI is InChI=1S/C16H13F2NO/c1-20-14-5-3-12(15(18)9-14)10-19-7-6-11-2-4-13(17)8-16(11)19/h2-9H,10H2,1H3. The third kappa shape index (κ3) is 2.25. The van der Waals surface area contributed by atoms with Crippen molar-refractivity contribution in [3.8, 4) is 5.75 Å². The zero-order valence-corrected chi connectivity index (χ0v) is 10.9. The fourth-order valence-corrected chi connectivity index (χ4v) is 2.26. The van der Waals surface area contributed by atoms with Gasteiger partial charge in [0.15, 0.2) is 0 Å². The molecule has 0 aliphatic rings. The maximum Gasteiger partial charge on any atom is 0.131 e. The zero-order valence-electron chi connectivity index (χ0n) is 10.9. The molecule has 2 aromatic carbocycles. The molecular weight excluding hydrogens is 260 g/mol. The number of halogens is 2. The first-order chi connectivity index (χ1) is 9.67. The number of aromatic nitrogens is 1. The number of ether oxygens (including phenoxy) is 1. The van der Waals surface area contributed by atoms with Crippen molar-refractivity contribution >= 4 is 10.9 Å². The van der Waals surface area contributed by atoms with Gasteiger partial charge in [0.1, 0.15) is 17.4 Å². The lowest BCUT2D eigenvalue weighted by molar-refractivity contribution is 0.410. The Kier molecular flexibility index (Phi) is 3.14. The van der Waals surface area contributed by atoms with Gasteiger partial charge in [-0.25, -0.2) is 8.78 Å². The highest BCUT2D eigenvalue weighted by Crippen LogP contribution is 2.21. The van der Waals surface area contributed by atoms with E-state index in [-0.39, 0.29) is 11.6 Å². The molecule has 0 saturated heterocycles. The highest BCUT2D eigenvalue weighted by Gasteiger charge is 2.07. The van der Waals surface area contributed by atoms with Crippen LogP contribution in [-0.2, 0) is 6.54 Å². The van der Waals surface area contributed by atoms with Crippen LogP contribution >= 0.6 is 0 Å². The van der Waals surface area contributed by atoms with E-state index in [4.69, 9.17) is 4.74 Å². The Balaban J connectivity index is 1.99. The Hall–Kier alpha value is -2.36. The van der Waals surface area contributed by atoms with Gasteiger partial charge in [0.05, 0.1) is 19.2 Å². The molecule has 0 aliphatic heterocycles. The van der Waals surface area contributed by atoms with E-state index in [1.54, 1.807) is 18.2 Å². The van der Waals surface area contributed by atoms with Crippen LogP contribution in [0.5, 0.6) is 5.75 Å². The minimum atomic E-state index is -0.331. The van der Waals surface area contributed by atoms with Crippen LogP contribution in [0.1, 0.15) is 5.56 Å². The predicted molar refractivity (Wildman–Crippen MR) is 74.0 cm³/mol. The average Bonchev–Trinajstić information content (AvgIpc) is 2.83. The maximum absolute atomic E-state index is 13.9. The largest absolute Gasteiger partial charge is 0.497 e. The van der Waals surface area contributed by atoms with Gasteiger partial charge >= 0.3 is 0 Å². The number of hydrogen-bond acceptors (Lipinski definition) is 1. The molecular formula is C16H13F2NO. The lowest BCUT2D eigenvalue weighted by Crippen LogP contribution is -2.01. The Morgan fingerprint density at radius 1 is 1.05 bits per heavy atom. The van der Waals surface area contributed by atoms with E-state index in [0.29, 0.717) is 17.9 Å². The summed E-state index contributed by atoms with van der Waals surface area (Å²) in [5.74, 6) is -0.148. The zero-order chi connectivity index (χ0) is 14.1. The van der Waals surface area contributed by atoms with E-state index < -0.39 is 0 Å². The van der Waals surface area contributed by atoms with Gasteiger partial charge in [0.25, 0.3) is 0 Å². The van der Waals surface area contributed by atoms with Crippen LogP contribution in [0.25, 0.3) is 10.9 Å². The van der Waals surface area contributed by atoms with E-state index in [1.807, 2.05) is 16.8 Å². The summed E-state index contributed by atoms with van der Waals surface area (Å²) in [6.07, 6.45) is 1.83. The van der Waals surface area contributed by atoms with Crippen LogP contribution in [0.2, 0.25) is 0 Å². The van der Waals surface area contributed by atoms with E-state index in [1.165, 1.54) is 25.3 Å². The Morgan fingerprint density at radius 3 is 2.65 bits per heavy atom. The average molecular weight is 273 g/mol. The first-order valence-corrected chi connectivity index (χ1v) is 6.24. The van der Waals surface area contributed by atoms with Crippen molar-refractivity contribution in [3.63, 3.8) is 0 Å². The van der Waals surface area contributed by atoms with E-state index in [9.17, 15) is 8.78 Å². The first-order valence-electron chi connectivity index (χ1n) is 6.24. The normalized spacial score (nSPS) is 10.9. The van der Waals surface area contributed by atoms with Gasteiger partial charge in [-0.1, -0.05) is 6.07 Å². The quantitative estimate of drug-likeness (QED) is 0.704. The number of fused-ring (bicyclic) bond motifs is 1. The SMILES string of the molecule is COc1ccc(Cn2ccc3ccc(F)cc32)c(F)c1. The second-order valence-electron chi connectivity index (χ2n) is 4.60. The minimum Gasteiger partial charge on any atom is -0.497 e. The van der Waals surface area contributed by atoms with Gasteiger partial charge in [-0.15, -0.1) is 0 Å². The molecule has 1 aromatic heterocycles. The molecule has 0 fully saturated rings. The Bertz CT molecular complexity index is 764. The molecule has 0 N–H and O–H groups in total. The summed E-state index contributed by atoms with van der Waals surface area (Å²) >= 11 is 0. The molecule has 3 aromatic rings. The minimum absolute atomic E-state index is 0.298. The summed E-state index contributed by atoms with van der Waals surface area (Å²) in [6, 6.07) is 11.2. The molecule has 0 saturated carbocycles. The lowest BCUT2D eigenvalue weighted by atomic mass is 10.2. The van der Waals surface area contributed by atoms with Gasteiger partial charge in [-0.3, -0.25) is 0 Å². The van der Waals surface area contributed by atoms with Gasteiger partial charge in [-0.2, -0.15) is 0 Å². The second-order valence-corrected chi connectivity index (χ2v) is 4.60. The van der Waals surface area contributed by atoms with Crippen molar-refractivity contribution in [1.82, 2.24) is 4.57 Å². The second kappa shape index (κ2) is 4.96. The number of hydrogen-bond donors (Lipinski definition) is 0. The fraction of sp³-hybridized carbons (Fsp3) is 0.125. The number of benzene rings is 2. The summed E-state index contributed by atoms with van der Waals surface area (Å²) in [6.45, 7) is 0.350. The maximum atomic E-state index is 13.9. The molecule has 0 radical (unpaired) electrons. The molecule has 0 atom stereocenters. The van der Waals surface area contributed by atoms with Crippen molar-refractivity contribution < 1.29 is 13.5 Å². The van der Waals surface area contributed by atoms with Crippen LogP contribution < -0.4 is 4.74 Å². The first kappa shape index (κ1) is 12.7. The van der Waals surface area contributed by atoms with Crippen LogP contribution in [-0.4, -0.2) is 11.7 Å². The molecule has 2 nitrogen and oxygen atoms in total. The molecule has 0 unspecified atom stereocenters. The topological polar surface area (TPSA) is 14.2 Å². The third-order valence-electron chi connectivity index (χ3n) is 3.34. The molecule has 0 spiro atoms. The molecule has 1 heterocycles. The summed E-state index contributed by atoms with van der Waals surface area (Å²) in [5.41, 5.74) is 1.28. The van der Waals surface area contributed by atoms with Gasteiger partial charge in [-0.05, 0) is 35.7 Å². The van der Waals surface area contributed by atoms with E-state index in [0.717, 1.165) is 10.9 Å². The summed E-state index contributed by atoms with van der Waals surface area (Å²) in [7, 11) is 1.50. The fourth-order valence-electron chi connectivity index (χ4n) is 2.26. The number of rotatable bonds is 3. The smallest absolute Gasteiger partial charge is 0.131 e. The monoisotopic (exact) mass is 273 g/mol. The number of methoxy groups -OCH3 is 1. The molecule has 20 heavy (non-hydrogen) atoms. The molecule has 0 bridgehead atoms. The van der Waals surface area contributed by atoms with Crippen LogP contribution in [0.4, 0.5) is 8.78 Å². The highest BCUT2D eigenvalue weighted by atomic mass is 19.1. The third-order valence-corrected chi connectivity index (χ3v) is 3.34. The van der Waals surface area contributed by atoms with Crippen LogP contribution in [0.3, 0.4) is 0 Å². The van der Waals surface area contributed by atoms with Gasteiger partial charge in [0.2, 0.25) is 0 Å². The molecule has 0 aliphatic carbocycles. The summed E-state index contributed by atoms with van der Waals surface area (Å²) in [5, 5.41) is 0.931. The van der Waals surface area contributed by atoms with Crippen molar-refractivity contribution in [2.45, 2.75) is 6.54 Å². The van der Waals surface area contributed by atoms with Crippen molar-refractivity contribution in [2.75, 3.05) is 7.11 Å².